The smallest absolute Gasteiger partial charge is 0.429 e. The number of methoxy groups -OCH3 is 1. The van der Waals surface area contributed by atoms with Gasteiger partial charge in [0.15, 0.2) is 5.82 Å². The van der Waals surface area contributed by atoms with Crippen LogP contribution in [0.25, 0.3) is 11.4 Å². The molecular formula is C19H23N5O4. The van der Waals surface area contributed by atoms with Crippen LogP contribution in [0.15, 0.2) is 42.7 Å². The highest BCUT2D eigenvalue weighted by molar-refractivity contribution is 6.01. The fourth-order valence-corrected chi connectivity index (χ4v) is 3.01. The Labute approximate surface area is 163 Å². The van der Waals surface area contributed by atoms with E-state index in [1.807, 2.05) is 30.3 Å². The second-order valence-electron chi connectivity index (χ2n) is 6.35. The van der Waals surface area contributed by atoms with Gasteiger partial charge in [-0.2, -0.15) is 5.01 Å². The summed E-state index contributed by atoms with van der Waals surface area (Å²) in [5, 5.41) is 11.9. The number of hydrogen-bond acceptors (Lipinski definition) is 7. The number of ether oxygens (including phenoxy) is 1. The van der Waals surface area contributed by atoms with Gasteiger partial charge in [0.1, 0.15) is 0 Å². The Balaban J connectivity index is 1.69. The zero-order valence-electron chi connectivity index (χ0n) is 15.7. The molecule has 0 spiro atoms. The molecule has 1 aliphatic heterocycles. The molecule has 1 aliphatic rings. The van der Waals surface area contributed by atoms with Crippen molar-refractivity contribution in [3.05, 3.63) is 48.3 Å². The predicted molar refractivity (Wildman–Crippen MR) is 102 cm³/mol. The van der Waals surface area contributed by atoms with Gasteiger partial charge in [-0.05, 0) is 0 Å². The van der Waals surface area contributed by atoms with Gasteiger partial charge < -0.3 is 9.84 Å². The van der Waals surface area contributed by atoms with Gasteiger partial charge in [0.25, 0.3) is 5.91 Å². The van der Waals surface area contributed by atoms with Gasteiger partial charge in [-0.3, -0.25) is 9.69 Å². The number of carbonyl (C=O) groups is 2. The Morgan fingerprint density at radius 3 is 2.32 bits per heavy atom. The van der Waals surface area contributed by atoms with Crippen molar-refractivity contribution in [1.29, 1.82) is 0 Å². The van der Waals surface area contributed by atoms with Crippen molar-refractivity contribution in [2.45, 2.75) is 0 Å². The van der Waals surface area contributed by atoms with Gasteiger partial charge >= 0.3 is 6.09 Å². The van der Waals surface area contributed by atoms with Crippen LogP contribution in [0.5, 0.6) is 0 Å². The molecule has 1 aromatic heterocycles. The monoisotopic (exact) mass is 385 g/mol. The lowest BCUT2D eigenvalue weighted by atomic mass is 10.2. The molecule has 9 nitrogen and oxygen atoms in total. The summed E-state index contributed by atoms with van der Waals surface area (Å²) in [5.41, 5.74) is 0.952. The summed E-state index contributed by atoms with van der Waals surface area (Å²) in [6.45, 7) is 3.58. The van der Waals surface area contributed by atoms with E-state index >= 15 is 0 Å². The third-order valence-electron chi connectivity index (χ3n) is 4.55. The number of carbonyl (C=O) groups excluding carboxylic acids is 1. The highest BCUT2D eigenvalue weighted by Crippen LogP contribution is 2.15. The highest BCUT2D eigenvalue weighted by atomic mass is 16.5. The van der Waals surface area contributed by atoms with Crippen LogP contribution in [0.4, 0.5) is 4.79 Å². The molecule has 0 unspecified atom stereocenters. The van der Waals surface area contributed by atoms with Crippen molar-refractivity contribution in [1.82, 2.24) is 24.9 Å². The minimum absolute atomic E-state index is 0.129. The SMILES string of the molecule is COCCN1CCN(N(C(=O)O)C(=O)c2cnc(-c3ccccc3)nc2)CC1. The van der Waals surface area contributed by atoms with Crippen molar-refractivity contribution >= 4 is 12.0 Å². The number of hydrogen-bond donors (Lipinski definition) is 1. The van der Waals surface area contributed by atoms with Gasteiger partial charge in [-0.15, -0.1) is 0 Å². The molecule has 0 atom stereocenters. The van der Waals surface area contributed by atoms with E-state index in [4.69, 9.17) is 4.74 Å². The molecule has 1 saturated heterocycles. The number of hydrazine groups is 1. The lowest BCUT2D eigenvalue weighted by molar-refractivity contribution is -0.0280. The Bertz CT molecular complexity index is 792. The maximum atomic E-state index is 12.8. The van der Waals surface area contributed by atoms with E-state index in [-0.39, 0.29) is 5.56 Å². The molecule has 9 heteroatoms. The minimum atomic E-state index is -1.32. The lowest BCUT2D eigenvalue weighted by Gasteiger charge is -2.38. The van der Waals surface area contributed by atoms with Crippen LogP contribution < -0.4 is 0 Å². The van der Waals surface area contributed by atoms with Crippen molar-refractivity contribution in [3.63, 3.8) is 0 Å². The molecule has 2 heterocycles. The first-order valence-corrected chi connectivity index (χ1v) is 9.01. The van der Waals surface area contributed by atoms with E-state index in [1.165, 1.54) is 12.4 Å². The van der Waals surface area contributed by atoms with E-state index in [9.17, 15) is 14.7 Å². The largest absolute Gasteiger partial charge is 0.464 e. The van der Waals surface area contributed by atoms with E-state index in [2.05, 4.69) is 14.9 Å². The lowest BCUT2D eigenvalue weighted by Crippen LogP contribution is -2.57. The number of imide groups is 1. The van der Waals surface area contributed by atoms with Crippen molar-refractivity contribution in [3.8, 4) is 11.4 Å². The van der Waals surface area contributed by atoms with Gasteiger partial charge in [-0.1, -0.05) is 30.3 Å². The molecule has 0 saturated carbocycles. The predicted octanol–water partition coefficient (Wildman–Crippen LogP) is 1.44. The average Bonchev–Trinajstić information content (AvgIpc) is 2.74. The third kappa shape index (κ3) is 4.69. The molecule has 2 amide bonds. The minimum Gasteiger partial charge on any atom is -0.464 e. The fraction of sp³-hybridized carbons (Fsp3) is 0.368. The Morgan fingerprint density at radius 1 is 1.11 bits per heavy atom. The van der Waals surface area contributed by atoms with E-state index in [0.717, 1.165) is 17.1 Å². The van der Waals surface area contributed by atoms with Crippen LogP contribution in [0.1, 0.15) is 10.4 Å². The molecule has 0 aliphatic carbocycles. The van der Waals surface area contributed by atoms with Crippen molar-refractivity contribution < 1.29 is 19.4 Å². The van der Waals surface area contributed by atoms with Gasteiger partial charge in [0, 0.05) is 57.8 Å². The Morgan fingerprint density at radius 2 is 1.75 bits per heavy atom. The van der Waals surface area contributed by atoms with E-state index in [0.29, 0.717) is 38.6 Å². The van der Waals surface area contributed by atoms with Crippen LogP contribution in [-0.4, -0.2) is 88.4 Å². The van der Waals surface area contributed by atoms with Gasteiger partial charge in [-0.25, -0.2) is 19.8 Å². The van der Waals surface area contributed by atoms with Crippen LogP contribution in [0.3, 0.4) is 0 Å². The van der Waals surface area contributed by atoms with E-state index in [1.54, 1.807) is 12.1 Å². The number of rotatable bonds is 6. The fourth-order valence-electron chi connectivity index (χ4n) is 3.01. The van der Waals surface area contributed by atoms with Crippen LogP contribution in [0.2, 0.25) is 0 Å². The Kier molecular flexibility index (Phi) is 6.64. The normalized spacial score (nSPS) is 15.3. The zero-order valence-corrected chi connectivity index (χ0v) is 15.7. The van der Waals surface area contributed by atoms with Crippen LogP contribution in [0, 0.1) is 0 Å². The Hall–Kier alpha value is -2.88. The average molecular weight is 385 g/mol. The molecule has 1 N–H and O–H groups in total. The highest BCUT2D eigenvalue weighted by Gasteiger charge is 2.31. The summed E-state index contributed by atoms with van der Waals surface area (Å²) in [7, 11) is 1.65. The van der Waals surface area contributed by atoms with Crippen LogP contribution >= 0.6 is 0 Å². The molecule has 3 rings (SSSR count). The zero-order chi connectivity index (χ0) is 19.9. The van der Waals surface area contributed by atoms with Crippen molar-refractivity contribution in [2.24, 2.45) is 0 Å². The summed E-state index contributed by atoms with van der Waals surface area (Å²) in [4.78, 5) is 35.1. The molecule has 0 bridgehead atoms. The number of amides is 2. The van der Waals surface area contributed by atoms with Crippen LogP contribution in [-0.2, 0) is 4.74 Å². The molecule has 1 aromatic carbocycles. The molecular weight excluding hydrogens is 362 g/mol. The van der Waals surface area contributed by atoms with E-state index < -0.39 is 12.0 Å². The van der Waals surface area contributed by atoms with Gasteiger partial charge in [0.2, 0.25) is 0 Å². The summed E-state index contributed by atoms with van der Waals surface area (Å²) in [5.74, 6) is -0.178. The molecule has 0 radical (unpaired) electrons. The molecule has 1 fully saturated rings. The quantitative estimate of drug-likeness (QED) is 0.798. The number of benzene rings is 1. The van der Waals surface area contributed by atoms with Crippen molar-refractivity contribution in [2.75, 3.05) is 46.4 Å². The first-order valence-electron chi connectivity index (χ1n) is 9.01. The third-order valence-corrected chi connectivity index (χ3v) is 4.55. The number of nitrogens with zero attached hydrogens (tertiary/aromatic N) is 5. The first-order chi connectivity index (χ1) is 13.6. The number of piperazine rings is 1. The summed E-state index contributed by atoms with van der Waals surface area (Å²) >= 11 is 0. The maximum absolute atomic E-state index is 12.8. The molecule has 2 aromatic rings. The standard InChI is InChI=1S/C19H23N5O4/c1-28-12-11-22-7-9-23(10-8-22)24(19(26)27)18(25)16-13-20-17(21-14-16)15-5-3-2-4-6-15/h2-6,13-14H,7-12H2,1H3,(H,26,27). The molecule has 28 heavy (non-hydrogen) atoms. The first kappa shape index (κ1) is 19.9. The number of carboxylic acid groups (broad SMARTS) is 1. The summed E-state index contributed by atoms with van der Waals surface area (Å²) in [6.07, 6.45) is 1.41. The number of aromatic nitrogens is 2. The maximum Gasteiger partial charge on any atom is 0.429 e. The summed E-state index contributed by atoms with van der Waals surface area (Å²) < 4.78 is 5.07. The summed E-state index contributed by atoms with van der Waals surface area (Å²) in [6, 6.07) is 9.36. The second-order valence-corrected chi connectivity index (χ2v) is 6.35. The molecule has 148 valence electrons. The second kappa shape index (κ2) is 9.36. The van der Waals surface area contributed by atoms with Gasteiger partial charge in [0.05, 0.1) is 12.2 Å². The topological polar surface area (TPSA) is 99.1 Å².